The number of aromatic nitrogens is 21. The summed E-state index contributed by atoms with van der Waals surface area (Å²) in [6.07, 6.45) is 35.7. The second-order valence-electron chi connectivity index (χ2n) is 38.9. The number of aromatic amines is 9. The Morgan fingerprint density at radius 3 is 1.40 bits per heavy atom. The van der Waals surface area contributed by atoms with Gasteiger partial charge in [-0.3, -0.25) is 29.9 Å². The number of hydrogen-bond donors (Lipinski definition) is 9. The molecular weight excluding hydrogens is 1450 g/mol. The number of H-pyrrole nitrogens is 9. The van der Waals surface area contributed by atoms with E-state index in [4.69, 9.17) is 0 Å². The number of nitrogens with zero attached hydrogens (tertiary/aromatic N) is 12. The average Bonchev–Trinajstić information content (AvgIpc) is 1.77. The van der Waals surface area contributed by atoms with E-state index < -0.39 is 0 Å². The highest BCUT2D eigenvalue weighted by Crippen LogP contribution is 2.33. The summed E-state index contributed by atoms with van der Waals surface area (Å²) in [4.78, 5) is 80.1. The number of fused-ring (bicyclic) bond motifs is 9. The summed E-state index contributed by atoms with van der Waals surface area (Å²) in [6, 6.07) is 29.0. The van der Waals surface area contributed by atoms with Gasteiger partial charge in [0.25, 0.3) is 0 Å². The zero-order valence-corrected chi connectivity index (χ0v) is 73.9. The van der Waals surface area contributed by atoms with Gasteiger partial charge in [0.2, 0.25) is 0 Å². The smallest absolute Gasteiger partial charge is 0.137 e. The van der Waals surface area contributed by atoms with E-state index in [1.165, 1.54) is 54.7 Å². The molecule has 18 aromatic heterocycles. The Hall–Kier alpha value is -12.0. The van der Waals surface area contributed by atoms with Gasteiger partial charge < -0.3 is 44.9 Å². The molecule has 612 valence electrons. The molecule has 0 bridgehead atoms. The molecule has 0 amide bonds. The Kier molecular flexibility index (Phi) is 26.3. The summed E-state index contributed by atoms with van der Waals surface area (Å²) in [6.45, 7) is 58.7. The Morgan fingerprint density at radius 1 is 0.248 bits per heavy atom. The van der Waals surface area contributed by atoms with Crippen molar-refractivity contribution in [2.45, 2.75) is 236 Å². The average molecular weight is 1570 g/mol. The van der Waals surface area contributed by atoms with Crippen molar-refractivity contribution in [3.8, 4) is 0 Å². The second kappa shape index (κ2) is 35.2. The van der Waals surface area contributed by atoms with Crippen molar-refractivity contribution < 1.29 is 0 Å². The summed E-state index contributed by atoms with van der Waals surface area (Å²) in [5.74, 6) is 0.889. The van der Waals surface area contributed by atoms with E-state index in [0.29, 0.717) is 0 Å². The summed E-state index contributed by atoms with van der Waals surface area (Å²) in [7, 11) is 0. The quantitative estimate of drug-likeness (QED) is 0.0685. The van der Waals surface area contributed by atoms with Crippen molar-refractivity contribution in [2.75, 3.05) is 0 Å². The van der Waals surface area contributed by atoms with Crippen molar-refractivity contribution in [2.24, 2.45) is 0 Å². The normalized spacial score (nSPS) is 12.2. The first kappa shape index (κ1) is 87.4. The maximum Gasteiger partial charge on any atom is 0.137 e. The van der Waals surface area contributed by atoms with Gasteiger partial charge in [-0.2, -0.15) is 0 Å². The lowest BCUT2D eigenvalue weighted by atomic mass is 9.86. The molecule has 0 aliphatic rings. The van der Waals surface area contributed by atoms with Crippen LogP contribution in [-0.4, -0.2) is 105 Å². The van der Waals surface area contributed by atoms with Gasteiger partial charge in [0.15, 0.2) is 0 Å². The largest absolute Gasteiger partial charge is 0.361 e. The molecule has 18 aromatic rings. The van der Waals surface area contributed by atoms with Crippen molar-refractivity contribution in [1.82, 2.24) is 105 Å². The molecule has 18 rings (SSSR count). The van der Waals surface area contributed by atoms with Crippen LogP contribution in [0.4, 0.5) is 0 Å². The fraction of sp³-hybridized carbons (Fsp3) is 0.375. The molecule has 117 heavy (non-hydrogen) atoms. The van der Waals surface area contributed by atoms with Crippen LogP contribution in [-0.2, 0) is 48.7 Å². The molecule has 0 spiro atoms. The Balaban J connectivity index is 0.000000139. The highest BCUT2D eigenvalue weighted by molar-refractivity contribution is 5.85. The minimum absolute atomic E-state index is 0.0193. The first-order valence-electron chi connectivity index (χ1n) is 40.2. The highest BCUT2D eigenvalue weighted by atomic mass is 14.9. The van der Waals surface area contributed by atoms with E-state index in [1.54, 1.807) is 18.9 Å². The van der Waals surface area contributed by atoms with Gasteiger partial charge in [-0.1, -0.05) is 187 Å². The van der Waals surface area contributed by atoms with Crippen molar-refractivity contribution >= 4 is 98.9 Å². The van der Waals surface area contributed by atoms with Crippen molar-refractivity contribution in [1.29, 1.82) is 0 Å². The molecule has 0 unspecified atom stereocenters. The van der Waals surface area contributed by atoms with Gasteiger partial charge >= 0.3 is 0 Å². The molecule has 0 saturated carbocycles. The Bertz CT molecular complexity index is 5360. The fourth-order valence-corrected chi connectivity index (χ4v) is 12.7. The van der Waals surface area contributed by atoms with Crippen LogP contribution < -0.4 is 0 Å². The van der Waals surface area contributed by atoms with Gasteiger partial charge in [-0.05, 0) is 123 Å². The molecular formula is C96H123N21. The number of hydrogen-bond acceptors (Lipinski definition) is 12. The lowest BCUT2D eigenvalue weighted by Gasteiger charge is -2.19. The number of pyridine rings is 8. The minimum atomic E-state index is 0.0193. The molecule has 0 saturated heterocycles. The van der Waals surface area contributed by atoms with Crippen LogP contribution >= 0.6 is 0 Å². The predicted octanol–water partition coefficient (Wildman–Crippen LogP) is 23.9. The molecule has 0 radical (unpaired) electrons. The molecule has 21 nitrogen and oxygen atoms in total. The van der Waals surface area contributed by atoms with E-state index in [2.05, 4.69) is 352 Å². The minimum Gasteiger partial charge on any atom is -0.361 e. The molecule has 0 aromatic carbocycles. The standard InChI is InChI=1S/6C11H14N2.3C10H13N3/c1-11(2,3)10-8-4-6-12-9(8)5-7-13-10;1-11(2,3)9-5-7-13-10-8(9)4-6-12-10;1-11(2,3)9-6-12-7-10-8(9)4-5-13-10;1-11(2,3)10-6-8-4-5-12-9(8)7-13-10;1-11(2,3)9-6-8-4-5-12-10(8)13-7-9;1-11(2,3)10-5-4-8-9(13-10)6-7-12-8;1-10(2,3)7-4-11-5-8-9(7)13-6-12-8;1-10(2,3)9-4-7-8(5-11-9)13-6-12-7;1-10(2,3)9-12-6-8-7(13-9)4-5-11-8/h4-7,12H,1-3H3;4-7H,1-3H3,(H,12,13);4-7,13H,1-3H3;4-7,12H,1-3H3;4-7H,1-3H3,(H,12,13);4-7,12H,1-3H3;2*4-6H,1-3H3,(H,12,13);4-6,11H,1-3H3. The molecule has 0 atom stereocenters. The summed E-state index contributed by atoms with van der Waals surface area (Å²) >= 11 is 0. The molecule has 0 aliphatic carbocycles. The molecule has 0 fully saturated rings. The maximum absolute atomic E-state index is 4.58. The first-order valence-corrected chi connectivity index (χ1v) is 40.2. The van der Waals surface area contributed by atoms with Crippen LogP contribution in [0.5, 0.6) is 0 Å². The lowest BCUT2D eigenvalue weighted by molar-refractivity contribution is 0.548. The first-order chi connectivity index (χ1) is 54.7. The van der Waals surface area contributed by atoms with E-state index in [1.807, 2.05) is 123 Å². The fourth-order valence-electron chi connectivity index (χ4n) is 12.7. The second-order valence-corrected chi connectivity index (χ2v) is 38.9. The zero-order chi connectivity index (χ0) is 85.3. The van der Waals surface area contributed by atoms with E-state index in [-0.39, 0.29) is 48.7 Å². The van der Waals surface area contributed by atoms with Gasteiger partial charge in [-0.25, -0.2) is 29.9 Å². The van der Waals surface area contributed by atoms with Gasteiger partial charge in [0, 0.05) is 157 Å². The van der Waals surface area contributed by atoms with Crippen LogP contribution in [0.3, 0.4) is 0 Å². The van der Waals surface area contributed by atoms with Gasteiger partial charge in [0.05, 0.1) is 104 Å². The predicted molar refractivity (Wildman–Crippen MR) is 487 cm³/mol. The van der Waals surface area contributed by atoms with Crippen molar-refractivity contribution in [3.63, 3.8) is 0 Å². The van der Waals surface area contributed by atoms with Gasteiger partial charge in [-0.15, -0.1) is 0 Å². The SMILES string of the molecule is CC(C)(C)c1cc2cc[nH]c2cn1.CC(C)(C)c1cc2nc[nH]c2cn1.CC(C)(C)c1ccc2[nH]ccc2n1.CC(C)(C)c1ccnc2[nH]ccc12.CC(C)(C)c1cnc2[nH]ccc2c1.CC(C)(C)c1cncc2[nH]ccc12.CC(C)(C)c1cncc2[nH]cnc12.CC(C)(C)c1ncc2[nH]ccc2n1.CC(C)(C)c1nccc2[nH]ccc12. The summed E-state index contributed by atoms with van der Waals surface area (Å²) in [5, 5.41) is 6.17. The van der Waals surface area contributed by atoms with E-state index in [9.17, 15) is 0 Å². The third-order valence-corrected chi connectivity index (χ3v) is 19.6. The van der Waals surface area contributed by atoms with Crippen LogP contribution in [0.15, 0.2) is 203 Å². The summed E-state index contributed by atoms with van der Waals surface area (Å²) in [5.41, 5.74) is 24.2. The van der Waals surface area contributed by atoms with E-state index in [0.717, 1.165) is 95.1 Å². The Labute approximate surface area is 689 Å². The third kappa shape index (κ3) is 23.0. The molecule has 21 heteroatoms. The highest BCUT2D eigenvalue weighted by Gasteiger charge is 2.24. The monoisotopic (exact) mass is 1570 g/mol. The number of nitrogens with one attached hydrogen (secondary N) is 9. The summed E-state index contributed by atoms with van der Waals surface area (Å²) < 4.78 is 0. The molecule has 9 N–H and O–H groups in total. The van der Waals surface area contributed by atoms with Crippen molar-refractivity contribution in [3.05, 3.63) is 254 Å². The third-order valence-electron chi connectivity index (χ3n) is 19.6. The van der Waals surface area contributed by atoms with E-state index >= 15 is 0 Å². The van der Waals surface area contributed by atoms with Crippen LogP contribution in [0.25, 0.3) is 98.9 Å². The maximum atomic E-state index is 4.58. The van der Waals surface area contributed by atoms with Gasteiger partial charge in [0.1, 0.15) is 17.1 Å². The van der Waals surface area contributed by atoms with Crippen LogP contribution in [0.2, 0.25) is 0 Å². The molecule has 0 aliphatic heterocycles. The zero-order valence-electron chi connectivity index (χ0n) is 73.9. The Morgan fingerprint density at radius 2 is 0.752 bits per heavy atom. The number of rotatable bonds is 0. The number of imidazole rings is 2. The topological polar surface area (TPSA) is 297 Å². The van der Waals surface area contributed by atoms with Crippen LogP contribution in [0, 0.1) is 0 Å². The molecule has 18 heterocycles. The lowest BCUT2D eigenvalue weighted by Crippen LogP contribution is -2.15. The van der Waals surface area contributed by atoms with Crippen LogP contribution in [0.1, 0.15) is 238 Å².